The molecule has 0 heterocycles. The van der Waals surface area contributed by atoms with Gasteiger partial charge in [-0.25, -0.2) is 0 Å². The third kappa shape index (κ3) is 6.67. The monoisotopic (exact) mass is 227 g/mol. The van der Waals surface area contributed by atoms with Crippen molar-refractivity contribution < 1.29 is 19.4 Å². The molecule has 0 aliphatic rings. The minimum atomic E-state index is -0.250. The van der Waals surface area contributed by atoms with Gasteiger partial charge in [0, 0.05) is 6.54 Å². The van der Waals surface area contributed by atoms with E-state index in [9.17, 15) is 0 Å². The Labute approximate surface area is 95.0 Å². The zero-order valence-electron chi connectivity index (χ0n) is 9.47. The number of carbonyl (C=O) groups is 1. The number of nitrogens with one attached hydrogen (secondary N) is 1. The Hall–Kier alpha value is -1.75. The summed E-state index contributed by atoms with van der Waals surface area (Å²) in [7, 11) is 3.55. The first-order valence-corrected chi connectivity index (χ1v) is 4.77. The molecule has 16 heavy (non-hydrogen) atoms. The van der Waals surface area contributed by atoms with Crippen LogP contribution in [0.3, 0.4) is 0 Å². The van der Waals surface area contributed by atoms with Crippen LogP contribution in [0.5, 0.6) is 11.5 Å². The van der Waals surface area contributed by atoms with Crippen molar-refractivity contribution in [2.24, 2.45) is 0 Å². The topological polar surface area (TPSA) is 67.8 Å². The molecule has 0 bridgehead atoms. The van der Waals surface area contributed by atoms with Crippen LogP contribution in [0.15, 0.2) is 24.3 Å². The Morgan fingerprint density at radius 3 is 2.25 bits per heavy atom. The number of benzene rings is 1. The van der Waals surface area contributed by atoms with E-state index in [0.717, 1.165) is 18.0 Å². The van der Waals surface area contributed by atoms with Crippen molar-refractivity contribution in [1.82, 2.24) is 5.32 Å². The van der Waals surface area contributed by atoms with E-state index in [0.29, 0.717) is 6.61 Å². The van der Waals surface area contributed by atoms with Crippen LogP contribution in [0, 0.1) is 0 Å². The lowest BCUT2D eigenvalue weighted by atomic mass is 10.3. The summed E-state index contributed by atoms with van der Waals surface area (Å²) in [6.07, 6.45) is 0. The van der Waals surface area contributed by atoms with Gasteiger partial charge in [-0.3, -0.25) is 4.79 Å². The van der Waals surface area contributed by atoms with Crippen LogP contribution < -0.4 is 14.8 Å². The molecule has 0 fully saturated rings. The number of likely N-dealkylation sites (N-methyl/N-ethyl adjacent to an activating group) is 1. The molecule has 1 rings (SSSR count). The van der Waals surface area contributed by atoms with E-state index in [1.54, 1.807) is 7.11 Å². The normalized spacial score (nSPS) is 8.62. The highest BCUT2D eigenvalue weighted by Gasteiger charge is 1.93. The van der Waals surface area contributed by atoms with Crippen molar-refractivity contribution in [2.75, 3.05) is 27.3 Å². The van der Waals surface area contributed by atoms with Gasteiger partial charge in [0.05, 0.1) is 7.11 Å². The first kappa shape index (κ1) is 14.2. The molecule has 0 unspecified atom stereocenters. The number of methoxy groups -OCH3 is 1. The van der Waals surface area contributed by atoms with Crippen LogP contribution in [0.25, 0.3) is 0 Å². The standard InChI is InChI=1S/C10H15NO2.CH2O2/c1-11-7-8-13-10-5-3-9(12-2)4-6-10;2-1-3/h3-6,11H,7-8H2,1-2H3;1H,(H,2,3). The molecule has 0 amide bonds. The van der Waals surface area contributed by atoms with Gasteiger partial charge in [0.15, 0.2) is 0 Å². The summed E-state index contributed by atoms with van der Waals surface area (Å²) in [5, 5.41) is 9.90. The Morgan fingerprint density at radius 2 is 1.81 bits per heavy atom. The Kier molecular flexibility index (Phi) is 8.72. The lowest BCUT2D eigenvalue weighted by Crippen LogP contribution is -2.15. The molecule has 5 heteroatoms. The van der Waals surface area contributed by atoms with Gasteiger partial charge in [-0.2, -0.15) is 0 Å². The molecule has 0 aliphatic heterocycles. The van der Waals surface area contributed by atoms with E-state index < -0.39 is 0 Å². The fourth-order valence-corrected chi connectivity index (χ4v) is 0.943. The first-order chi connectivity index (χ1) is 7.78. The zero-order chi connectivity index (χ0) is 12.2. The summed E-state index contributed by atoms with van der Waals surface area (Å²) in [5.74, 6) is 1.72. The van der Waals surface area contributed by atoms with Gasteiger partial charge in [0.1, 0.15) is 18.1 Å². The molecule has 1 aromatic carbocycles. The van der Waals surface area contributed by atoms with Gasteiger partial charge in [-0.05, 0) is 31.3 Å². The fourth-order valence-electron chi connectivity index (χ4n) is 0.943. The summed E-state index contributed by atoms with van der Waals surface area (Å²) < 4.78 is 10.5. The van der Waals surface area contributed by atoms with Crippen LogP contribution in [0.2, 0.25) is 0 Å². The highest BCUT2D eigenvalue weighted by Crippen LogP contribution is 2.16. The Morgan fingerprint density at radius 1 is 1.31 bits per heavy atom. The number of hydrogen-bond donors (Lipinski definition) is 2. The second-order valence-corrected chi connectivity index (χ2v) is 2.73. The molecule has 2 N–H and O–H groups in total. The third-order valence-electron chi connectivity index (χ3n) is 1.68. The average molecular weight is 227 g/mol. The van der Waals surface area contributed by atoms with Crippen LogP contribution in [-0.4, -0.2) is 38.9 Å². The van der Waals surface area contributed by atoms with Crippen molar-refractivity contribution in [1.29, 1.82) is 0 Å². The van der Waals surface area contributed by atoms with Crippen LogP contribution in [-0.2, 0) is 4.79 Å². The van der Waals surface area contributed by atoms with E-state index in [4.69, 9.17) is 19.4 Å². The quantitative estimate of drug-likeness (QED) is 0.580. The summed E-state index contributed by atoms with van der Waals surface area (Å²) in [6.45, 7) is 1.29. The number of carboxylic acid groups (broad SMARTS) is 1. The van der Waals surface area contributed by atoms with Gasteiger partial charge in [-0.1, -0.05) is 0 Å². The predicted octanol–water partition coefficient (Wildman–Crippen LogP) is 0.994. The van der Waals surface area contributed by atoms with E-state index in [2.05, 4.69) is 5.32 Å². The molecule has 0 radical (unpaired) electrons. The van der Waals surface area contributed by atoms with Crippen molar-refractivity contribution in [3.63, 3.8) is 0 Å². The lowest BCUT2D eigenvalue weighted by Gasteiger charge is -2.05. The molecule has 0 aliphatic carbocycles. The van der Waals surface area contributed by atoms with E-state index in [1.807, 2.05) is 31.3 Å². The van der Waals surface area contributed by atoms with Gasteiger partial charge < -0.3 is 19.9 Å². The van der Waals surface area contributed by atoms with Crippen molar-refractivity contribution in [3.8, 4) is 11.5 Å². The summed E-state index contributed by atoms with van der Waals surface area (Å²) >= 11 is 0. The molecular formula is C11H17NO4. The van der Waals surface area contributed by atoms with E-state index in [-0.39, 0.29) is 6.47 Å². The molecular weight excluding hydrogens is 210 g/mol. The zero-order valence-corrected chi connectivity index (χ0v) is 9.47. The van der Waals surface area contributed by atoms with Crippen molar-refractivity contribution >= 4 is 6.47 Å². The molecule has 0 spiro atoms. The minimum absolute atomic E-state index is 0.250. The second kappa shape index (κ2) is 9.79. The summed E-state index contributed by atoms with van der Waals surface area (Å²) in [5.41, 5.74) is 0. The number of hydrogen-bond acceptors (Lipinski definition) is 4. The molecule has 0 saturated heterocycles. The highest BCUT2D eigenvalue weighted by atomic mass is 16.5. The van der Waals surface area contributed by atoms with Crippen LogP contribution in [0.4, 0.5) is 0 Å². The largest absolute Gasteiger partial charge is 0.497 e. The fraction of sp³-hybridized carbons (Fsp3) is 0.364. The Balaban J connectivity index is 0.000000673. The van der Waals surface area contributed by atoms with E-state index >= 15 is 0 Å². The maximum Gasteiger partial charge on any atom is 0.290 e. The summed E-state index contributed by atoms with van der Waals surface area (Å²) in [6, 6.07) is 7.56. The SMILES string of the molecule is CNCCOc1ccc(OC)cc1.O=CO. The minimum Gasteiger partial charge on any atom is -0.497 e. The molecule has 90 valence electrons. The van der Waals surface area contributed by atoms with Gasteiger partial charge in [-0.15, -0.1) is 0 Å². The average Bonchev–Trinajstić information content (AvgIpc) is 2.31. The molecule has 0 aromatic heterocycles. The van der Waals surface area contributed by atoms with Crippen molar-refractivity contribution in [3.05, 3.63) is 24.3 Å². The van der Waals surface area contributed by atoms with E-state index in [1.165, 1.54) is 0 Å². The highest BCUT2D eigenvalue weighted by molar-refractivity contribution is 5.32. The number of ether oxygens (including phenoxy) is 2. The molecule has 5 nitrogen and oxygen atoms in total. The first-order valence-electron chi connectivity index (χ1n) is 4.77. The summed E-state index contributed by atoms with van der Waals surface area (Å²) in [4.78, 5) is 8.36. The molecule has 0 saturated carbocycles. The maximum atomic E-state index is 8.36. The second-order valence-electron chi connectivity index (χ2n) is 2.73. The molecule has 0 atom stereocenters. The predicted molar refractivity (Wildman–Crippen MR) is 61.1 cm³/mol. The van der Waals surface area contributed by atoms with Crippen LogP contribution >= 0.6 is 0 Å². The third-order valence-corrected chi connectivity index (χ3v) is 1.68. The Bertz CT molecular complexity index is 274. The smallest absolute Gasteiger partial charge is 0.290 e. The van der Waals surface area contributed by atoms with Gasteiger partial charge in [0.2, 0.25) is 0 Å². The van der Waals surface area contributed by atoms with Gasteiger partial charge in [0.25, 0.3) is 6.47 Å². The van der Waals surface area contributed by atoms with Crippen molar-refractivity contribution in [2.45, 2.75) is 0 Å². The number of rotatable bonds is 5. The van der Waals surface area contributed by atoms with Crippen LogP contribution in [0.1, 0.15) is 0 Å². The molecule has 1 aromatic rings. The van der Waals surface area contributed by atoms with Gasteiger partial charge >= 0.3 is 0 Å². The maximum absolute atomic E-state index is 8.36. The lowest BCUT2D eigenvalue weighted by molar-refractivity contribution is -0.122.